The quantitative estimate of drug-likeness (QED) is 0.911. The molecule has 2 heterocycles. The largest absolute Gasteiger partial charge is 0.503 e. The molecule has 1 aromatic carbocycles. The molecular formula is C20H21NO4. The highest BCUT2D eigenvalue weighted by Gasteiger charge is 2.45. The minimum Gasteiger partial charge on any atom is -0.503 e. The highest BCUT2D eigenvalue weighted by atomic mass is 16.3. The highest BCUT2D eigenvalue weighted by molar-refractivity contribution is 6.16. The lowest BCUT2D eigenvalue weighted by atomic mass is 9.99. The van der Waals surface area contributed by atoms with Crippen LogP contribution in [0.15, 0.2) is 46.1 Å². The average molecular weight is 339 g/mol. The first kappa shape index (κ1) is 17.0. The van der Waals surface area contributed by atoms with Gasteiger partial charge in [0, 0.05) is 12.1 Å². The van der Waals surface area contributed by atoms with Crippen molar-refractivity contribution in [1.29, 1.82) is 0 Å². The van der Waals surface area contributed by atoms with Gasteiger partial charge in [0.25, 0.3) is 5.91 Å². The summed E-state index contributed by atoms with van der Waals surface area (Å²) in [6, 6.07) is 8.46. The van der Waals surface area contributed by atoms with Gasteiger partial charge in [0.05, 0.1) is 5.57 Å². The molecule has 1 aromatic heterocycles. The standard InChI is InChI=1S/C20H21NO4/c1-5-15(22)17-18(16-9-7-13(4)25-16)21(20(24)19(17)23)14-8-6-11(2)10-12(14)3/h6-10,18,23H,5H2,1-4H3. The van der Waals surface area contributed by atoms with Crippen LogP contribution in [0.4, 0.5) is 5.69 Å². The fourth-order valence-electron chi connectivity index (χ4n) is 3.27. The molecule has 0 radical (unpaired) electrons. The molecular weight excluding hydrogens is 318 g/mol. The van der Waals surface area contributed by atoms with E-state index in [9.17, 15) is 14.7 Å². The third kappa shape index (κ3) is 2.76. The molecule has 0 aliphatic carbocycles. The summed E-state index contributed by atoms with van der Waals surface area (Å²) in [5, 5.41) is 10.4. The van der Waals surface area contributed by atoms with Crippen molar-refractivity contribution < 1.29 is 19.1 Å². The molecule has 1 aliphatic heterocycles. The number of amides is 1. The molecule has 0 saturated carbocycles. The number of carbonyl (C=O) groups is 2. The third-order valence-corrected chi connectivity index (χ3v) is 4.47. The van der Waals surface area contributed by atoms with Crippen LogP contribution >= 0.6 is 0 Å². The number of nitrogens with zero attached hydrogens (tertiary/aromatic N) is 1. The average Bonchev–Trinajstić information content (AvgIpc) is 3.10. The van der Waals surface area contributed by atoms with Gasteiger partial charge in [-0.25, -0.2) is 0 Å². The first-order valence-electron chi connectivity index (χ1n) is 8.28. The van der Waals surface area contributed by atoms with Gasteiger partial charge in [0.2, 0.25) is 0 Å². The van der Waals surface area contributed by atoms with Gasteiger partial charge in [-0.15, -0.1) is 0 Å². The van der Waals surface area contributed by atoms with Crippen LogP contribution in [0.25, 0.3) is 0 Å². The lowest BCUT2D eigenvalue weighted by molar-refractivity contribution is -0.118. The maximum absolute atomic E-state index is 12.8. The van der Waals surface area contributed by atoms with E-state index in [-0.39, 0.29) is 17.8 Å². The zero-order valence-electron chi connectivity index (χ0n) is 14.8. The molecule has 0 fully saturated rings. The number of anilines is 1. The van der Waals surface area contributed by atoms with Gasteiger partial charge in [-0.1, -0.05) is 24.6 Å². The van der Waals surface area contributed by atoms with Crippen LogP contribution in [-0.4, -0.2) is 16.8 Å². The molecule has 0 saturated heterocycles. The lowest BCUT2D eigenvalue weighted by Crippen LogP contribution is -2.31. The molecule has 0 spiro atoms. The minimum atomic E-state index is -0.755. The number of aryl methyl sites for hydroxylation is 3. The topological polar surface area (TPSA) is 70.8 Å². The van der Waals surface area contributed by atoms with Crippen LogP contribution in [0.2, 0.25) is 0 Å². The number of benzene rings is 1. The molecule has 1 atom stereocenters. The number of aliphatic hydroxyl groups is 1. The zero-order chi connectivity index (χ0) is 18.3. The smallest absolute Gasteiger partial charge is 0.294 e. The highest BCUT2D eigenvalue weighted by Crippen LogP contribution is 2.42. The molecule has 1 unspecified atom stereocenters. The van der Waals surface area contributed by atoms with Gasteiger partial charge in [0.1, 0.15) is 17.6 Å². The van der Waals surface area contributed by atoms with Gasteiger partial charge in [-0.2, -0.15) is 0 Å². The second-order valence-electron chi connectivity index (χ2n) is 6.36. The van der Waals surface area contributed by atoms with Crippen molar-refractivity contribution in [3.8, 4) is 0 Å². The Hall–Kier alpha value is -2.82. The Morgan fingerprint density at radius 1 is 1.20 bits per heavy atom. The Morgan fingerprint density at radius 2 is 1.92 bits per heavy atom. The van der Waals surface area contributed by atoms with Gasteiger partial charge in [-0.3, -0.25) is 14.5 Å². The van der Waals surface area contributed by atoms with Gasteiger partial charge >= 0.3 is 0 Å². The van der Waals surface area contributed by atoms with Crippen LogP contribution in [0, 0.1) is 20.8 Å². The van der Waals surface area contributed by atoms with E-state index in [1.807, 2.05) is 32.0 Å². The summed E-state index contributed by atoms with van der Waals surface area (Å²) in [6.45, 7) is 7.37. The maximum atomic E-state index is 12.8. The summed E-state index contributed by atoms with van der Waals surface area (Å²) in [5.41, 5.74) is 2.71. The van der Waals surface area contributed by atoms with Crippen molar-refractivity contribution in [2.45, 2.75) is 40.2 Å². The number of furan rings is 1. The molecule has 1 amide bonds. The SMILES string of the molecule is CCC(=O)C1=C(O)C(=O)N(c2ccc(C)cc2C)C1c1ccc(C)o1. The van der Waals surface area contributed by atoms with E-state index in [1.165, 1.54) is 4.90 Å². The second-order valence-corrected chi connectivity index (χ2v) is 6.36. The van der Waals surface area contributed by atoms with Crippen LogP contribution in [-0.2, 0) is 9.59 Å². The van der Waals surface area contributed by atoms with Crippen molar-refractivity contribution in [1.82, 2.24) is 0 Å². The summed E-state index contributed by atoms with van der Waals surface area (Å²) >= 11 is 0. The molecule has 1 aliphatic rings. The Labute approximate surface area is 146 Å². The van der Waals surface area contributed by atoms with Gasteiger partial charge < -0.3 is 9.52 Å². The van der Waals surface area contributed by atoms with Crippen LogP contribution in [0.3, 0.4) is 0 Å². The number of Topliss-reactive ketones (excluding diaryl/α,β-unsaturated/α-hetero) is 1. The summed E-state index contributed by atoms with van der Waals surface area (Å²) in [7, 11) is 0. The van der Waals surface area contributed by atoms with Crippen molar-refractivity contribution in [3.05, 3.63) is 64.3 Å². The maximum Gasteiger partial charge on any atom is 0.294 e. The predicted molar refractivity (Wildman–Crippen MR) is 94.5 cm³/mol. The number of hydrogen-bond acceptors (Lipinski definition) is 4. The van der Waals surface area contributed by atoms with Crippen molar-refractivity contribution >= 4 is 17.4 Å². The molecule has 25 heavy (non-hydrogen) atoms. The van der Waals surface area contributed by atoms with E-state index in [1.54, 1.807) is 26.0 Å². The number of hydrogen-bond donors (Lipinski definition) is 1. The van der Waals surface area contributed by atoms with E-state index in [0.717, 1.165) is 11.1 Å². The first-order valence-corrected chi connectivity index (χ1v) is 8.28. The number of carbonyl (C=O) groups excluding carboxylic acids is 2. The predicted octanol–water partition coefficient (Wildman–Crippen LogP) is 4.08. The fraction of sp³-hybridized carbons (Fsp3) is 0.300. The molecule has 5 nitrogen and oxygen atoms in total. The molecule has 3 rings (SSSR count). The summed E-state index contributed by atoms with van der Waals surface area (Å²) in [4.78, 5) is 26.7. The summed E-state index contributed by atoms with van der Waals surface area (Å²) < 4.78 is 5.71. The van der Waals surface area contributed by atoms with Crippen LogP contribution in [0.1, 0.15) is 42.0 Å². The van der Waals surface area contributed by atoms with Crippen molar-refractivity contribution in [3.63, 3.8) is 0 Å². The Kier molecular flexibility index (Phi) is 4.25. The third-order valence-electron chi connectivity index (χ3n) is 4.47. The molecule has 2 aromatic rings. The fourth-order valence-corrected chi connectivity index (χ4v) is 3.27. The second kappa shape index (κ2) is 6.24. The molecule has 1 N–H and O–H groups in total. The van der Waals surface area contributed by atoms with E-state index >= 15 is 0 Å². The van der Waals surface area contributed by atoms with Gasteiger partial charge in [0.15, 0.2) is 11.5 Å². The van der Waals surface area contributed by atoms with Crippen molar-refractivity contribution in [2.24, 2.45) is 0 Å². The van der Waals surface area contributed by atoms with E-state index in [0.29, 0.717) is 17.2 Å². The van der Waals surface area contributed by atoms with Gasteiger partial charge in [-0.05, 0) is 44.5 Å². The monoisotopic (exact) mass is 339 g/mol. The normalized spacial score (nSPS) is 17.5. The number of rotatable bonds is 4. The Morgan fingerprint density at radius 3 is 2.48 bits per heavy atom. The Balaban J connectivity index is 2.20. The molecule has 5 heteroatoms. The number of aliphatic hydroxyl groups excluding tert-OH is 1. The molecule has 130 valence electrons. The van der Waals surface area contributed by atoms with Crippen LogP contribution in [0.5, 0.6) is 0 Å². The lowest BCUT2D eigenvalue weighted by Gasteiger charge is -2.26. The zero-order valence-corrected chi connectivity index (χ0v) is 14.8. The minimum absolute atomic E-state index is 0.0989. The summed E-state index contributed by atoms with van der Waals surface area (Å²) in [5.74, 6) is -0.199. The van der Waals surface area contributed by atoms with E-state index < -0.39 is 17.7 Å². The van der Waals surface area contributed by atoms with Crippen molar-refractivity contribution in [2.75, 3.05) is 4.90 Å². The van der Waals surface area contributed by atoms with E-state index in [2.05, 4.69) is 0 Å². The molecule has 0 bridgehead atoms. The van der Waals surface area contributed by atoms with E-state index in [4.69, 9.17) is 4.42 Å². The van der Waals surface area contributed by atoms with Crippen LogP contribution < -0.4 is 4.90 Å². The number of ketones is 1. The first-order chi connectivity index (χ1) is 11.8. The summed E-state index contributed by atoms with van der Waals surface area (Å²) in [6.07, 6.45) is 0.198. The Bertz CT molecular complexity index is 891.